The quantitative estimate of drug-likeness (QED) is 0.361. The summed E-state index contributed by atoms with van der Waals surface area (Å²) < 4.78 is 29.2. The molecule has 21 heavy (non-hydrogen) atoms. The topological polar surface area (TPSA) is 61.9 Å². The molecule has 0 saturated carbocycles. The van der Waals surface area contributed by atoms with Crippen LogP contribution in [0, 0.1) is 17.0 Å². The van der Waals surface area contributed by atoms with Crippen molar-refractivity contribution >= 4 is 49.2 Å². The van der Waals surface area contributed by atoms with Crippen molar-refractivity contribution in [1.82, 2.24) is 0 Å². The Labute approximate surface area is 137 Å². The Bertz CT molecular complexity index is 697. The molecule has 4 N–H and O–H groups in total. The van der Waals surface area contributed by atoms with Gasteiger partial charge in [0.2, 0.25) is 0 Å². The third kappa shape index (κ3) is 3.87. The van der Waals surface area contributed by atoms with Crippen LogP contribution in [-0.4, -0.2) is 31.8 Å². The van der Waals surface area contributed by atoms with Gasteiger partial charge < -0.3 is 0 Å². The number of nitrogens with two attached hydrogens (primary N) is 1. The fourth-order valence-corrected chi connectivity index (χ4v) is 2.70. The van der Waals surface area contributed by atoms with Gasteiger partial charge in [0, 0.05) is 0 Å². The second-order valence-electron chi connectivity index (χ2n) is 4.36. The number of nitrogen functional groups attached to an aromatic ring is 1. The maximum absolute atomic E-state index is 13.4. The summed E-state index contributed by atoms with van der Waals surface area (Å²) in [6.07, 6.45) is 3.27. The summed E-state index contributed by atoms with van der Waals surface area (Å²) in [5.41, 5.74) is 7.63. The van der Waals surface area contributed by atoms with E-state index in [0.717, 1.165) is 5.56 Å². The van der Waals surface area contributed by atoms with Crippen molar-refractivity contribution in [3.05, 3.63) is 65.2 Å². The van der Waals surface area contributed by atoms with Crippen LogP contribution in [0.1, 0.15) is 11.1 Å². The van der Waals surface area contributed by atoms with Crippen molar-refractivity contribution < 1.29 is 8.78 Å². The summed E-state index contributed by atoms with van der Waals surface area (Å²) in [5.74, 6) is -0.811. The van der Waals surface area contributed by atoms with Gasteiger partial charge in [-0.1, -0.05) is 0 Å². The van der Waals surface area contributed by atoms with Crippen LogP contribution in [-0.2, 0) is 0 Å². The zero-order valence-electron chi connectivity index (χ0n) is 11.0. The molecule has 6 heteroatoms. The van der Waals surface area contributed by atoms with Gasteiger partial charge in [-0.15, -0.1) is 0 Å². The van der Waals surface area contributed by atoms with Crippen LogP contribution in [0.4, 0.5) is 20.2 Å². The van der Waals surface area contributed by atoms with E-state index in [0.29, 0.717) is 37.3 Å². The first-order valence-electron chi connectivity index (χ1n) is 6.09. The van der Waals surface area contributed by atoms with Crippen molar-refractivity contribution in [1.29, 1.82) is 5.41 Å². The zero-order chi connectivity index (χ0) is 15.4. The number of hydrogen-bond donors (Lipinski definition) is 3. The summed E-state index contributed by atoms with van der Waals surface area (Å²) in [5, 5.41) is 8.07. The van der Waals surface area contributed by atoms with E-state index in [9.17, 15) is 8.78 Å². The second-order valence-corrected chi connectivity index (χ2v) is 5.48. The van der Waals surface area contributed by atoms with Gasteiger partial charge in [0.15, 0.2) is 0 Å². The number of halogens is 2. The number of anilines is 2. The standard InChI is InChI=1S/C15H12F2N3.Tl/c16-10-4-1-9(2-5-10)3-6-13(18)11-7-15(20)12(17)8-14(11)19;/h1-8,18-19H,20H2;/q-1;+1/b6-3+,18-13?;. The Morgan fingerprint density at radius 1 is 1.19 bits per heavy atom. The Kier molecular flexibility index (Phi) is 5.05. The molecule has 104 valence electrons. The molecule has 3 nitrogen and oxygen atoms in total. The van der Waals surface area contributed by atoms with Crippen LogP contribution in [0.2, 0.25) is 0 Å². The van der Waals surface area contributed by atoms with Gasteiger partial charge in [0.25, 0.3) is 0 Å². The van der Waals surface area contributed by atoms with Gasteiger partial charge in [-0.2, -0.15) is 0 Å². The first-order chi connectivity index (χ1) is 10.0. The van der Waals surface area contributed by atoms with Gasteiger partial charge in [0.05, 0.1) is 0 Å². The molecule has 0 aromatic heterocycles. The predicted molar refractivity (Wildman–Crippen MR) is 82.5 cm³/mol. The van der Waals surface area contributed by atoms with Crippen molar-refractivity contribution in [2.45, 2.75) is 0 Å². The minimum absolute atomic E-state index is 0.00827. The molecule has 2 rings (SSSR count). The van der Waals surface area contributed by atoms with Crippen LogP contribution in [0.15, 0.2) is 42.5 Å². The van der Waals surface area contributed by atoms with Crippen molar-refractivity contribution in [2.75, 3.05) is 8.86 Å². The Hall–Kier alpha value is -1.77. The average molecular weight is 477 g/mol. The molecular formula is C15H12F2N3Tl. The molecule has 0 bridgehead atoms. The summed E-state index contributed by atoms with van der Waals surface area (Å²) in [6, 6.07) is 8.68. The van der Waals surface area contributed by atoms with E-state index in [2.05, 4.69) is 3.13 Å². The number of rotatable bonds is 4. The van der Waals surface area contributed by atoms with Crippen molar-refractivity contribution in [3.63, 3.8) is 0 Å². The molecule has 0 heterocycles. The van der Waals surface area contributed by atoms with E-state index in [4.69, 9.17) is 11.1 Å². The van der Waals surface area contributed by atoms with Crippen LogP contribution in [0.25, 0.3) is 6.08 Å². The molecule has 0 aliphatic heterocycles. The Balaban J connectivity index is 2.28. The van der Waals surface area contributed by atoms with Crippen molar-refractivity contribution in [3.8, 4) is 0 Å². The summed E-state index contributed by atoms with van der Waals surface area (Å²) >= 11 is 0.422. The number of benzene rings is 2. The number of hydrogen-bond acceptors (Lipinski definition) is 3. The Morgan fingerprint density at radius 2 is 1.86 bits per heavy atom. The van der Waals surface area contributed by atoms with Gasteiger partial charge >= 0.3 is 138 Å². The van der Waals surface area contributed by atoms with Crippen molar-refractivity contribution in [2.24, 2.45) is 0 Å². The summed E-state index contributed by atoms with van der Waals surface area (Å²) in [6.45, 7) is 0. The fraction of sp³-hybridized carbons (Fsp3) is 0. The van der Waals surface area contributed by atoms with E-state index in [1.54, 1.807) is 24.3 Å². The van der Waals surface area contributed by atoms with Crippen LogP contribution in [0.5, 0.6) is 0 Å². The fourth-order valence-electron chi connectivity index (χ4n) is 1.78. The summed E-state index contributed by atoms with van der Waals surface area (Å²) in [4.78, 5) is 0. The van der Waals surface area contributed by atoms with Crippen LogP contribution >= 0.6 is 0 Å². The van der Waals surface area contributed by atoms with E-state index in [-0.39, 0.29) is 17.2 Å². The van der Waals surface area contributed by atoms with E-state index in [1.165, 1.54) is 24.3 Å². The molecule has 0 aliphatic carbocycles. The van der Waals surface area contributed by atoms with Crippen LogP contribution in [0.3, 0.4) is 0 Å². The number of nitrogens with one attached hydrogen (secondary N) is 2. The monoisotopic (exact) mass is 477 g/mol. The molecule has 0 radical (unpaired) electrons. The Morgan fingerprint density at radius 3 is 2.48 bits per heavy atom. The molecule has 0 fully saturated rings. The molecule has 0 saturated heterocycles. The first-order valence-corrected chi connectivity index (χ1v) is 8.34. The molecule has 0 unspecified atom stereocenters. The molecule has 0 atom stereocenters. The molecule has 2 aromatic carbocycles. The third-order valence-electron chi connectivity index (χ3n) is 2.89. The van der Waals surface area contributed by atoms with E-state index in [1.807, 2.05) is 0 Å². The molecule has 0 amide bonds. The van der Waals surface area contributed by atoms with Gasteiger partial charge in [-0.25, -0.2) is 0 Å². The van der Waals surface area contributed by atoms with Gasteiger partial charge in [0.1, 0.15) is 0 Å². The molecular weight excluding hydrogens is 465 g/mol. The molecule has 2 aromatic rings. The normalized spacial score (nSPS) is 10.7. The van der Waals surface area contributed by atoms with E-state index < -0.39 is 5.82 Å². The third-order valence-corrected chi connectivity index (χ3v) is 4.10. The van der Waals surface area contributed by atoms with Crippen LogP contribution < -0.4 is 8.86 Å². The SMILES string of the molecule is N=C(/C=C/c1ccc(F)cc1)c1cc(N)c(F)cc1[NH][Tl]. The molecule has 0 spiro atoms. The minimum atomic E-state index is -0.503. The molecule has 0 aliphatic rings. The second kappa shape index (κ2) is 6.79. The zero-order valence-corrected chi connectivity index (χ0v) is 15.5. The average Bonchev–Trinajstić information content (AvgIpc) is 2.48. The van der Waals surface area contributed by atoms with Gasteiger partial charge in [-0.05, 0) is 0 Å². The predicted octanol–water partition coefficient (Wildman–Crippen LogP) is 3.12. The maximum atomic E-state index is 13.4. The van der Waals surface area contributed by atoms with E-state index >= 15 is 0 Å². The van der Waals surface area contributed by atoms with Gasteiger partial charge in [-0.3, -0.25) is 0 Å². The first kappa shape index (κ1) is 15.6. The number of allylic oxidation sites excluding steroid dienone is 1. The summed E-state index contributed by atoms with van der Waals surface area (Å²) in [7, 11) is 0.